The summed E-state index contributed by atoms with van der Waals surface area (Å²) < 4.78 is 5.72. The van der Waals surface area contributed by atoms with E-state index in [-0.39, 0.29) is 6.04 Å². The van der Waals surface area contributed by atoms with Gasteiger partial charge in [0.05, 0.1) is 6.61 Å². The SMILES string of the molecule is NC(CCc1cc(Cl)cc2c1OCC2)c1ccccc1. The van der Waals surface area contributed by atoms with Crippen LogP contribution in [0.25, 0.3) is 0 Å². The Hall–Kier alpha value is -1.51. The Morgan fingerprint density at radius 2 is 2.00 bits per heavy atom. The van der Waals surface area contributed by atoms with Crippen LogP contribution in [0.2, 0.25) is 5.02 Å². The minimum absolute atomic E-state index is 0.0484. The smallest absolute Gasteiger partial charge is 0.125 e. The molecule has 0 saturated heterocycles. The van der Waals surface area contributed by atoms with Crippen LogP contribution in [-0.4, -0.2) is 6.61 Å². The second-order valence-corrected chi connectivity index (χ2v) is 5.64. The molecular weight excluding hydrogens is 270 g/mol. The van der Waals surface area contributed by atoms with Crippen molar-refractivity contribution in [1.29, 1.82) is 0 Å². The van der Waals surface area contributed by atoms with Gasteiger partial charge in [-0.15, -0.1) is 0 Å². The average Bonchev–Trinajstić information content (AvgIpc) is 2.93. The van der Waals surface area contributed by atoms with Gasteiger partial charge in [0.25, 0.3) is 0 Å². The fraction of sp³-hybridized carbons (Fsp3) is 0.294. The maximum Gasteiger partial charge on any atom is 0.125 e. The number of benzene rings is 2. The number of rotatable bonds is 4. The third-order valence-corrected chi connectivity index (χ3v) is 4.00. The molecule has 1 atom stereocenters. The van der Waals surface area contributed by atoms with Gasteiger partial charge in [-0.1, -0.05) is 41.9 Å². The van der Waals surface area contributed by atoms with Crippen molar-refractivity contribution >= 4 is 11.6 Å². The predicted octanol–water partition coefficient (Wildman–Crippen LogP) is 3.91. The first-order valence-corrected chi connectivity index (χ1v) is 7.36. The summed E-state index contributed by atoms with van der Waals surface area (Å²) in [5.41, 5.74) is 9.83. The minimum atomic E-state index is 0.0484. The first kappa shape index (κ1) is 13.5. The highest BCUT2D eigenvalue weighted by atomic mass is 35.5. The number of fused-ring (bicyclic) bond motifs is 1. The summed E-state index contributed by atoms with van der Waals surface area (Å²) in [7, 11) is 0. The molecule has 1 aliphatic rings. The molecule has 3 rings (SSSR count). The van der Waals surface area contributed by atoms with Crippen molar-refractivity contribution in [3.63, 3.8) is 0 Å². The Bertz CT molecular complexity index is 597. The van der Waals surface area contributed by atoms with E-state index in [9.17, 15) is 0 Å². The van der Waals surface area contributed by atoms with Gasteiger partial charge in [0, 0.05) is 17.5 Å². The number of hydrogen-bond donors (Lipinski definition) is 1. The second kappa shape index (κ2) is 5.86. The first-order chi connectivity index (χ1) is 9.74. The zero-order valence-corrected chi connectivity index (χ0v) is 12.1. The number of hydrogen-bond acceptors (Lipinski definition) is 2. The van der Waals surface area contributed by atoms with E-state index in [1.165, 1.54) is 16.7 Å². The van der Waals surface area contributed by atoms with Gasteiger partial charge < -0.3 is 10.5 Å². The number of ether oxygens (including phenoxy) is 1. The molecule has 2 aromatic rings. The summed E-state index contributed by atoms with van der Waals surface area (Å²) in [6.07, 6.45) is 2.73. The van der Waals surface area contributed by atoms with Gasteiger partial charge in [-0.05, 0) is 41.7 Å². The highest BCUT2D eigenvalue weighted by Gasteiger charge is 2.18. The summed E-state index contributed by atoms with van der Waals surface area (Å²) in [6.45, 7) is 0.757. The van der Waals surface area contributed by atoms with E-state index < -0.39 is 0 Å². The van der Waals surface area contributed by atoms with Crippen LogP contribution in [0.1, 0.15) is 29.2 Å². The van der Waals surface area contributed by atoms with Gasteiger partial charge in [0.2, 0.25) is 0 Å². The molecule has 3 heteroatoms. The molecule has 20 heavy (non-hydrogen) atoms. The van der Waals surface area contributed by atoms with Crippen LogP contribution in [0.4, 0.5) is 0 Å². The molecule has 2 aromatic carbocycles. The lowest BCUT2D eigenvalue weighted by molar-refractivity contribution is 0.353. The quantitative estimate of drug-likeness (QED) is 0.925. The lowest BCUT2D eigenvalue weighted by Gasteiger charge is -2.14. The van der Waals surface area contributed by atoms with Gasteiger partial charge in [-0.2, -0.15) is 0 Å². The van der Waals surface area contributed by atoms with Gasteiger partial charge in [0.1, 0.15) is 5.75 Å². The summed E-state index contributed by atoms with van der Waals surface area (Å²) in [4.78, 5) is 0. The van der Waals surface area contributed by atoms with Crippen molar-refractivity contribution in [2.24, 2.45) is 5.73 Å². The molecule has 0 bridgehead atoms. The van der Waals surface area contributed by atoms with Crippen LogP contribution in [0.5, 0.6) is 5.75 Å². The van der Waals surface area contributed by atoms with Gasteiger partial charge in [0.15, 0.2) is 0 Å². The largest absolute Gasteiger partial charge is 0.493 e. The fourth-order valence-corrected chi connectivity index (χ4v) is 2.97. The highest BCUT2D eigenvalue weighted by Crippen LogP contribution is 2.34. The summed E-state index contributed by atoms with van der Waals surface area (Å²) in [5.74, 6) is 1.02. The normalized spacial score (nSPS) is 14.7. The molecule has 1 aliphatic heterocycles. The Morgan fingerprint density at radius 3 is 2.80 bits per heavy atom. The molecular formula is C17H18ClNO. The zero-order valence-electron chi connectivity index (χ0n) is 11.3. The predicted molar refractivity (Wildman–Crippen MR) is 82.3 cm³/mol. The Labute approximate surface area is 124 Å². The molecule has 0 radical (unpaired) electrons. The highest BCUT2D eigenvalue weighted by molar-refractivity contribution is 6.30. The third-order valence-electron chi connectivity index (χ3n) is 3.78. The molecule has 0 saturated carbocycles. The fourth-order valence-electron chi connectivity index (χ4n) is 2.71. The summed E-state index contributed by atoms with van der Waals surface area (Å²) in [6, 6.07) is 14.3. The van der Waals surface area contributed by atoms with Gasteiger partial charge in [-0.25, -0.2) is 0 Å². The van der Waals surface area contributed by atoms with Crippen molar-refractivity contribution in [2.45, 2.75) is 25.3 Å². The Morgan fingerprint density at radius 1 is 1.20 bits per heavy atom. The molecule has 0 amide bonds. The number of nitrogens with two attached hydrogens (primary N) is 1. The van der Waals surface area contributed by atoms with Crippen molar-refractivity contribution in [3.05, 3.63) is 64.2 Å². The molecule has 2 nitrogen and oxygen atoms in total. The standard InChI is InChI=1S/C17H18ClNO/c18-15-10-13(17-14(11-15)8-9-20-17)6-7-16(19)12-4-2-1-3-5-12/h1-5,10-11,16H,6-9,19H2. The monoisotopic (exact) mass is 287 g/mol. The minimum Gasteiger partial charge on any atom is -0.493 e. The first-order valence-electron chi connectivity index (χ1n) is 6.98. The van der Waals surface area contributed by atoms with Crippen LogP contribution in [-0.2, 0) is 12.8 Å². The van der Waals surface area contributed by atoms with Crippen molar-refractivity contribution in [1.82, 2.24) is 0 Å². The van der Waals surface area contributed by atoms with E-state index in [1.807, 2.05) is 30.3 Å². The number of aryl methyl sites for hydroxylation is 1. The zero-order chi connectivity index (χ0) is 13.9. The van der Waals surface area contributed by atoms with Crippen LogP contribution < -0.4 is 10.5 Å². The van der Waals surface area contributed by atoms with Crippen LogP contribution in [0.15, 0.2) is 42.5 Å². The van der Waals surface area contributed by atoms with Gasteiger partial charge >= 0.3 is 0 Å². The van der Waals surface area contributed by atoms with Crippen LogP contribution >= 0.6 is 11.6 Å². The molecule has 104 valence electrons. The maximum atomic E-state index is 6.25. The van der Waals surface area contributed by atoms with Gasteiger partial charge in [-0.3, -0.25) is 0 Å². The lowest BCUT2D eigenvalue weighted by Crippen LogP contribution is -2.11. The van der Waals surface area contributed by atoms with E-state index in [4.69, 9.17) is 22.1 Å². The van der Waals surface area contributed by atoms with E-state index in [0.29, 0.717) is 0 Å². The molecule has 0 aromatic heterocycles. The Balaban J connectivity index is 1.73. The maximum absolute atomic E-state index is 6.25. The van der Waals surface area contributed by atoms with Crippen LogP contribution in [0.3, 0.4) is 0 Å². The molecule has 0 spiro atoms. The molecule has 2 N–H and O–H groups in total. The molecule has 0 fully saturated rings. The summed E-state index contributed by atoms with van der Waals surface area (Å²) >= 11 is 6.17. The molecule has 0 aliphatic carbocycles. The van der Waals surface area contributed by atoms with E-state index in [2.05, 4.69) is 12.1 Å². The average molecular weight is 288 g/mol. The summed E-state index contributed by atoms with van der Waals surface area (Å²) in [5, 5.41) is 0.789. The van der Waals surface area contributed by atoms with Crippen molar-refractivity contribution in [2.75, 3.05) is 6.61 Å². The van der Waals surface area contributed by atoms with E-state index in [0.717, 1.165) is 36.6 Å². The third kappa shape index (κ3) is 2.82. The van der Waals surface area contributed by atoms with E-state index in [1.54, 1.807) is 0 Å². The lowest BCUT2D eigenvalue weighted by atomic mass is 9.98. The molecule has 1 heterocycles. The van der Waals surface area contributed by atoms with Crippen LogP contribution in [0, 0.1) is 0 Å². The second-order valence-electron chi connectivity index (χ2n) is 5.21. The topological polar surface area (TPSA) is 35.2 Å². The molecule has 1 unspecified atom stereocenters. The van der Waals surface area contributed by atoms with Crippen molar-refractivity contribution < 1.29 is 4.74 Å². The van der Waals surface area contributed by atoms with E-state index >= 15 is 0 Å². The number of halogens is 1. The Kier molecular flexibility index (Phi) is 3.95. The van der Waals surface area contributed by atoms with Crippen molar-refractivity contribution in [3.8, 4) is 5.75 Å².